The predicted octanol–water partition coefficient (Wildman–Crippen LogP) is 2.36. The second-order valence-electron chi connectivity index (χ2n) is 11.1. The van der Waals surface area contributed by atoms with Gasteiger partial charge in [0.2, 0.25) is 17.7 Å². The number of rotatable bonds is 16. The topological polar surface area (TPSA) is 169 Å². The Hall–Kier alpha value is -5.03. The van der Waals surface area contributed by atoms with Crippen LogP contribution < -0.4 is 21.7 Å². The minimum absolute atomic E-state index is 0.0324. The van der Waals surface area contributed by atoms with Gasteiger partial charge in [-0.15, -0.1) is 0 Å². The highest BCUT2D eigenvalue weighted by Crippen LogP contribution is 2.29. The molecule has 45 heavy (non-hydrogen) atoms. The number of nitrogens with two attached hydrogens (primary N) is 1. The molecule has 1 aliphatic rings. The van der Waals surface area contributed by atoms with Gasteiger partial charge in [0.15, 0.2) is 5.78 Å². The lowest BCUT2D eigenvalue weighted by molar-refractivity contribution is -0.133. The van der Waals surface area contributed by atoms with Crippen LogP contribution in [0.1, 0.15) is 36.5 Å². The van der Waals surface area contributed by atoms with Crippen LogP contribution in [0.2, 0.25) is 0 Å². The van der Waals surface area contributed by atoms with Gasteiger partial charge < -0.3 is 31.2 Å². The molecule has 3 unspecified atom stereocenters. The summed E-state index contributed by atoms with van der Waals surface area (Å²) in [7, 11) is 0. The number of hydrogen-bond donors (Lipinski definition) is 4. The van der Waals surface area contributed by atoms with E-state index in [9.17, 15) is 24.0 Å². The van der Waals surface area contributed by atoms with E-state index in [1.807, 2.05) is 54.6 Å². The Morgan fingerprint density at radius 1 is 0.733 bits per heavy atom. The Morgan fingerprint density at radius 2 is 1.20 bits per heavy atom. The third-order valence-corrected chi connectivity index (χ3v) is 7.43. The number of carbonyl (C=O) groups is 5. The Morgan fingerprint density at radius 3 is 1.71 bits per heavy atom. The van der Waals surface area contributed by atoms with Crippen LogP contribution in [-0.2, 0) is 48.1 Å². The predicted molar refractivity (Wildman–Crippen MR) is 165 cm³/mol. The van der Waals surface area contributed by atoms with Crippen molar-refractivity contribution in [1.82, 2.24) is 16.0 Å². The van der Waals surface area contributed by atoms with Gasteiger partial charge in [-0.1, -0.05) is 91.0 Å². The van der Waals surface area contributed by atoms with Crippen LogP contribution in [0.25, 0.3) is 0 Å². The molecule has 236 valence electrons. The van der Waals surface area contributed by atoms with Crippen molar-refractivity contribution in [2.24, 2.45) is 5.73 Å². The number of ether oxygens (including phenoxy) is 2. The van der Waals surface area contributed by atoms with Crippen molar-refractivity contribution in [3.05, 3.63) is 108 Å². The summed E-state index contributed by atoms with van der Waals surface area (Å²) in [5, 5.41) is 8.04. The fourth-order valence-corrected chi connectivity index (χ4v) is 4.74. The zero-order valence-corrected chi connectivity index (χ0v) is 25.1. The van der Waals surface area contributed by atoms with E-state index >= 15 is 0 Å². The van der Waals surface area contributed by atoms with Gasteiger partial charge in [0.1, 0.15) is 24.3 Å². The van der Waals surface area contributed by atoms with E-state index in [0.29, 0.717) is 0 Å². The minimum Gasteiger partial charge on any atom is -0.445 e. The molecule has 4 atom stereocenters. The average molecular weight is 615 g/mol. The van der Waals surface area contributed by atoms with Crippen LogP contribution in [0.5, 0.6) is 0 Å². The first-order valence-corrected chi connectivity index (χ1v) is 14.8. The number of alkyl carbamates (subject to hydrolysis) is 1. The average Bonchev–Trinajstić information content (AvgIpc) is 3.80. The smallest absolute Gasteiger partial charge is 0.408 e. The summed E-state index contributed by atoms with van der Waals surface area (Å²) in [4.78, 5) is 64.9. The number of epoxide rings is 1. The molecule has 0 aromatic heterocycles. The first-order chi connectivity index (χ1) is 21.6. The molecule has 1 aliphatic heterocycles. The van der Waals surface area contributed by atoms with Gasteiger partial charge in [-0.3, -0.25) is 19.2 Å². The molecule has 4 rings (SSSR count). The molecule has 0 aliphatic carbocycles. The van der Waals surface area contributed by atoms with Crippen LogP contribution in [0, 0.1) is 0 Å². The molecule has 0 spiro atoms. The molecule has 3 aromatic rings. The molecular formula is C34H38N4O7. The van der Waals surface area contributed by atoms with Crippen molar-refractivity contribution in [2.75, 3.05) is 6.61 Å². The third-order valence-electron chi connectivity index (χ3n) is 7.43. The Balaban J connectivity index is 1.50. The van der Waals surface area contributed by atoms with Gasteiger partial charge in [0.25, 0.3) is 0 Å². The lowest BCUT2D eigenvalue weighted by Gasteiger charge is -2.26. The quantitative estimate of drug-likeness (QED) is 0.180. The summed E-state index contributed by atoms with van der Waals surface area (Å²) >= 11 is 0. The number of hydrogen-bond acceptors (Lipinski definition) is 7. The normalized spacial score (nSPS) is 17.2. The largest absolute Gasteiger partial charge is 0.445 e. The van der Waals surface area contributed by atoms with Gasteiger partial charge in [0.05, 0.1) is 12.6 Å². The number of ketones is 1. The third kappa shape index (κ3) is 10.3. The van der Waals surface area contributed by atoms with Gasteiger partial charge in [0, 0.05) is 12.8 Å². The van der Waals surface area contributed by atoms with E-state index < -0.39 is 47.5 Å². The first-order valence-electron chi connectivity index (χ1n) is 14.8. The van der Waals surface area contributed by atoms with Gasteiger partial charge in [-0.2, -0.15) is 0 Å². The lowest BCUT2D eigenvalue weighted by atomic mass is 9.94. The van der Waals surface area contributed by atoms with Crippen LogP contribution in [-0.4, -0.2) is 59.9 Å². The van der Waals surface area contributed by atoms with E-state index in [2.05, 4.69) is 16.0 Å². The summed E-state index contributed by atoms with van der Waals surface area (Å²) in [5.74, 6) is -2.24. The highest BCUT2D eigenvalue weighted by molar-refractivity contribution is 5.98. The summed E-state index contributed by atoms with van der Waals surface area (Å²) in [5.41, 5.74) is 6.67. The molecule has 3 aromatic carbocycles. The van der Waals surface area contributed by atoms with E-state index in [1.165, 1.54) is 0 Å². The molecule has 0 radical (unpaired) electrons. The summed E-state index contributed by atoms with van der Waals surface area (Å²) in [6, 6.07) is 24.0. The van der Waals surface area contributed by atoms with Gasteiger partial charge in [-0.05, 0) is 36.5 Å². The molecule has 11 nitrogen and oxygen atoms in total. The molecule has 1 heterocycles. The van der Waals surface area contributed by atoms with E-state index in [0.717, 1.165) is 16.7 Å². The molecule has 0 saturated carbocycles. The zero-order chi connectivity index (χ0) is 32.2. The molecule has 0 bridgehead atoms. The maximum absolute atomic E-state index is 13.8. The summed E-state index contributed by atoms with van der Waals surface area (Å²) in [6.07, 6.45) is -0.865. The Labute approximate surface area is 261 Å². The molecule has 11 heteroatoms. The SMILES string of the molecule is CC1(C(=O)C(Cc2ccccc2)NC(=O)[C@H](Cc2ccccc2)NC(=O)C(CCC(N)=O)NC(=O)OCc2ccccc2)CO1. The molecule has 4 amide bonds. The maximum Gasteiger partial charge on any atom is 0.408 e. The standard InChI is InChI=1S/C34H38N4O7/c1-34(22-45-34)30(40)27(19-23-11-5-2-6-12-23)36-32(42)28(20-24-13-7-3-8-14-24)37-31(41)26(17-18-29(35)39)38-33(43)44-21-25-15-9-4-10-16-25/h2-16,26-28H,17-22H2,1H3,(H2,35,39)(H,36,42)(H,37,41)(H,38,43)/t26?,27?,28-,34?/m0/s1. The first kappa shape index (κ1) is 32.9. The number of benzene rings is 3. The van der Waals surface area contributed by atoms with Crippen molar-refractivity contribution in [3.8, 4) is 0 Å². The van der Waals surface area contributed by atoms with Crippen molar-refractivity contribution in [3.63, 3.8) is 0 Å². The fourth-order valence-electron chi connectivity index (χ4n) is 4.74. The molecule has 1 saturated heterocycles. The Kier molecular flexibility index (Phi) is 11.4. The number of primary amides is 1. The summed E-state index contributed by atoms with van der Waals surface area (Å²) < 4.78 is 10.6. The van der Waals surface area contributed by atoms with Crippen LogP contribution in [0.3, 0.4) is 0 Å². The van der Waals surface area contributed by atoms with Crippen LogP contribution in [0.4, 0.5) is 4.79 Å². The van der Waals surface area contributed by atoms with Gasteiger partial charge in [-0.25, -0.2) is 4.79 Å². The van der Waals surface area contributed by atoms with Crippen LogP contribution >= 0.6 is 0 Å². The maximum atomic E-state index is 13.8. The highest BCUT2D eigenvalue weighted by atomic mass is 16.6. The van der Waals surface area contributed by atoms with E-state index in [-0.39, 0.29) is 44.7 Å². The second-order valence-corrected chi connectivity index (χ2v) is 11.1. The van der Waals surface area contributed by atoms with Crippen molar-refractivity contribution >= 4 is 29.6 Å². The van der Waals surface area contributed by atoms with E-state index in [1.54, 1.807) is 43.3 Å². The minimum atomic E-state index is -1.23. The zero-order valence-electron chi connectivity index (χ0n) is 25.1. The van der Waals surface area contributed by atoms with Crippen molar-refractivity contribution in [1.29, 1.82) is 0 Å². The number of Topliss-reactive ketones (excluding diaryl/α,β-unsaturated/α-hetero) is 1. The monoisotopic (exact) mass is 614 g/mol. The number of amides is 4. The molecule has 5 N–H and O–H groups in total. The van der Waals surface area contributed by atoms with Gasteiger partial charge >= 0.3 is 6.09 Å². The van der Waals surface area contributed by atoms with Crippen molar-refractivity contribution in [2.45, 2.75) is 62.9 Å². The fraction of sp³-hybridized carbons (Fsp3) is 0.324. The van der Waals surface area contributed by atoms with Crippen LogP contribution in [0.15, 0.2) is 91.0 Å². The molecular weight excluding hydrogens is 576 g/mol. The number of nitrogens with one attached hydrogen (secondary N) is 3. The lowest BCUT2D eigenvalue weighted by Crippen LogP contribution is -2.57. The molecule has 1 fully saturated rings. The second kappa shape index (κ2) is 15.6. The number of carbonyl (C=O) groups excluding carboxylic acids is 5. The van der Waals surface area contributed by atoms with E-state index in [4.69, 9.17) is 15.2 Å². The van der Waals surface area contributed by atoms with Crippen molar-refractivity contribution < 1.29 is 33.4 Å². The highest BCUT2D eigenvalue weighted by Gasteiger charge is 2.50. The Bertz CT molecular complexity index is 1460. The summed E-state index contributed by atoms with van der Waals surface area (Å²) in [6.45, 7) is 1.90.